The molecule has 1 heterocycles. The topological polar surface area (TPSA) is 56.2 Å². The summed E-state index contributed by atoms with van der Waals surface area (Å²) < 4.78 is 1.27. The number of para-hydroxylation sites is 2. The first kappa shape index (κ1) is 20.8. The van der Waals surface area contributed by atoms with Crippen LogP contribution < -0.4 is 15.7 Å². The summed E-state index contributed by atoms with van der Waals surface area (Å²) in [6.45, 7) is 0. The van der Waals surface area contributed by atoms with Gasteiger partial charge in [0.05, 0.1) is 10.9 Å². The van der Waals surface area contributed by atoms with Crippen molar-refractivity contribution in [3.8, 4) is 11.4 Å². The molecule has 33 heavy (non-hydrogen) atoms. The van der Waals surface area contributed by atoms with E-state index in [4.69, 9.17) is 21.4 Å². The Morgan fingerprint density at radius 2 is 1.42 bits per heavy atom. The monoisotopic (exact) mass is 453 g/mol. The fourth-order valence-corrected chi connectivity index (χ4v) is 3.71. The molecule has 0 saturated heterocycles. The van der Waals surface area contributed by atoms with Gasteiger partial charge in [-0.1, -0.05) is 84.4 Å². The molecule has 5 aromatic rings. The van der Waals surface area contributed by atoms with E-state index in [2.05, 4.69) is 5.32 Å². The third-order valence-electron chi connectivity index (χ3n) is 5.22. The van der Waals surface area contributed by atoms with Gasteiger partial charge in [0.2, 0.25) is 6.23 Å². The van der Waals surface area contributed by atoms with Gasteiger partial charge in [-0.15, -0.1) is 4.73 Å². The fraction of sp³-hybridized carbons (Fsp3) is 0.0370. The van der Waals surface area contributed by atoms with Crippen molar-refractivity contribution in [1.29, 1.82) is 0 Å². The lowest BCUT2D eigenvalue weighted by Crippen LogP contribution is -2.34. The molecule has 0 aliphatic heterocycles. The molecule has 0 aliphatic rings. The van der Waals surface area contributed by atoms with Gasteiger partial charge in [0.25, 0.3) is 5.56 Å². The van der Waals surface area contributed by atoms with E-state index >= 15 is 0 Å². The second-order valence-corrected chi connectivity index (χ2v) is 7.90. The van der Waals surface area contributed by atoms with E-state index in [0.29, 0.717) is 21.7 Å². The highest BCUT2D eigenvalue weighted by atomic mass is 35.5. The molecule has 1 unspecified atom stereocenters. The van der Waals surface area contributed by atoms with E-state index < -0.39 is 6.23 Å². The zero-order chi connectivity index (χ0) is 22.6. The van der Waals surface area contributed by atoms with Gasteiger partial charge in [-0.2, -0.15) is 0 Å². The van der Waals surface area contributed by atoms with Crippen molar-refractivity contribution in [3.63, 3.8) is 0 Å². The Labute approximate surface area is 195 Å². The average Bonchev–Trinajstić information content (AvgIpc) is 2.87. The van der Waals surface area contributed by atoms with Crippen molar-refractivity contribution in [1.82, 2.24) is 9.71 Å². The first-order chi connectivity index (χ1) is 16.2. The van der Waals surface area contributed by atoms with Crippen molar-refractivity contribution in [3.05, 3.63) is 130 Å². The van der Waals surface area contributed by atoms with E-state index in [-0.39, 0.29) is 5.56 Å². The van der Waals surface area contributed by atoms with Gasteiger partial charge >= 0.3 is 0 Å². The molecule has 162 valence electrons. The second-order valence-electron chi connectivity index (χ2n) is 7.47. The molecule has 0 amide bonds. The van der Waals surface area contributed by atoms with Crippen LogP contribution in [0.1, 0.15) is 11.8 Å². The maximum Gasteiger partial charge on any atom is 0.294 e. The Balaban J connectivity index is 1.66. The molecule has 0 fully saturated rings. The largest absolute Gasteiger partial charge is 0.379 e. The number of benzene rings is 4. The number of hydrogen-bond acceptors (Lipinski definition) is 4. The van der Waals surface area contributed by atoms with Crippen LogP contribution in [0, 0.1) is 0 Å². The normalized spacial score (nSPS) is 11.8. The van der Waals surface area contributed by atoms with Gasteiger partial charge in [0, 0.05) is 21.8 Å². The van der Waals surface area contributed by atoms with Gasteiger partial charge in [-0.25, -0.2) is 4.98 Å². The Morgan fingerprint density at radius 3 is 2.15 bits per heavy atom. The standard InChI is InChI=1S/C27H20ClN3O2/c28-21-17-15-20(16-18-21)26(29-22-11-5-2-6-12-22)33-31-25(19-9-3-1-4-10-19)30-24-14-8-7-13-23(24)27(31)32/h1-18,26,29H. The highest BCUT2D eigenvalue weighted by Crippen LogP contribution is 2.23. The SMILES string of the molecule is O=c1c2ccccc2nc(-c2ccccc2)n1OC(Nc1ccccc1)c1ccc(Cl)cc1. The van der Waals surface area contributed by atoms with Gasteiger partial charge in [0.1, 0.15) is 0 Å². The molecule has 0 saturated carbocycles. The third-order valence-corrected chi connectivity index (χ3v) is 5.48. The summed E-state index contributed by atoms with van der Waals surface area (Å²) >= 11 is 6.11. The van der Waals surface area contributed by atoms with Gasteiger partial charge < -0.3 is 10.2 Å². The van der Waals surface area contributed by atoms with E-state index in [1.165, 1.54) is 4.73 Å². The summed E-state index contributed by atoms with van der Waals surface area (Å²) in [4.78, 5) is 24.7. The maximum atomic E-state index is 13.5. The minimum Gasteiger partial charge on any atom is -0.379 e. The predicted molar refractivity (Wildman–Crippen MR) is 132 cm³/mol. The minimum atomic E-state index is -0.673. The van der Waals surface area contributed by atoms with Crippen LogP contribution in [0.3, 0.4) is 0 Å². The second kappa shape index (κ2) is 9.18. The maximum absolute atomic E-state index is 13.5. The zero-order valence-electron chi connectivity index (χ0n) is 17.6. The Kier molecular flexibility index (Phi) is 5.79. The van der Waals surface area contributed by atoms with E-state index in [1.54, 1.807) is 18.2 Å². The highest BCUT2D eigenvalue weighted by Gasteiger charge is 2.20. The summed E-state index contributed by atoms with van der Waals surface area (Å²) in [5.74, 6) is 0.424. The van der Waals surface area contributed by atoms with Crippen LogP contribution in [0.15, 0.2) is 114 Å². The van der Waals surface area contributed by atoms with Gasteiger partial charge in [-0.3, -0.25) is 4.79 Å². The number of nitrogens with zero attached hydrogens (tertiary/aromatic N) is 2. The summed E-state index contributed by atoms with van der Waals surface area (Å²) in [6.07, 6.45) is -0.673. The molecule has 0 radical (unpaired) electrons. The Morgan fingerprint density at radius 1 is 0.788 bits per heavy atom. The summed E-state index contributed by atoms with van der Waals surface area (Å²) in [7, 11) is 0. The molecular formula is C27H20ClN3O2. The molecular weight excluding hydrogens is 434 g/mol. The molecule has 4 aromatic carbocycles. The number of halogens is 1. The van der Waals surface area contributed by atoms with Crippen LogP contribution in [-0.2, 0) is 0 Å². The Bertz CT molecular complexity index is 1440. The summed E-state index contributed by atoms with van der Waals surface area (Å²) in [5, 5.41) is 4.46. The number of aromatic nitrogens is 2. The predicted octanol–water partition coefficient (Wildman–Crippen LogP) is 5.96. The zero-order valence-corrected chi connectivity index (χ0v) is 18.3. The third kappa shape index (κ3) is 4.45. The molecule has 0 spiro atoms. The molecule has 0 aliphatic carbocycles. The molecule has 1 N–H and O–H groups in total. The molecule has 6 heteroatoms. The summed E-state index contributed by atoms with van der Waals surface area (Å²) in [6, 6.07) is 33.8. The lowest BCUT2D eigenvalue weighted by atomic mass is 10.2. The van der Waals surface area contributed by atoms with E-state index in [1.807, 2.05) is 91.0 Å². The number of fused-ring (bicyclic) bond motifs is 1. The lowest BCUT2D eigenvalue weighted by Gasteiger charge is -2.24. The first-order valence-corrected chi connectivity index (χ1v) is 10.9. The minimum absolute atomic E-state index is 0.284. The van der Waals surface area contributed by atoms with Crippen molar-refractivity contribution in [2.75, 3.05) is 5.32 Å². The smallest absolute Gasteiger partial charge is 0.294 e. The molecule has 0 bridgehead atoms. The molecule has 1 aromatic heterocycles. The number of nitrogens with one attached hydrogen (secondary N) is 1. The highest BCUT2D eigenvalue weighted by molar-refractivity contribution is 6.30. The molecule has 1 atom stereocenters. The van der Waals surface area contributed by atoms with Crippen molar-refractivity contribution in [2.45, 2.75) is 6.23 Å². The van der Waals surface area contributed by atoms with Crippen molar-refractivity contribution < 1.29 is 4.84 Å². The number of anilines is 1. The van der Waals surface area contributed by atoms with Gasteiger partial charge in [-0.05, 0) is 36.4 Å². The van der Waals surface area contributed by atoms with Crippen LogP contribution in [0.5, 0.6) is 0 Å². The molecule has 5 rings (SSSR count). The average molecular weight is 454 g/mol. The number of hydrogen-bond donors (Lipinski definition) is 1. The van der Waals surface area contributed by atoms with E-state index in [0.717, 1.165) is 16.8 Å². The fourth-order valence-electron chi connectivity index (χ4n) is 3.58. The Hall–Kier alpha value is -4.09. The molecule has 5 nitrogen and oxygen atoms in total. The van der Waals surface area contributed by atoms with Gasteiger partial charge in [0.15, 0.2) is 5.82 Å². The van der Waals surface area contributed by atoms with Crippen LogP contribution in [0.4, 0.5) is 5.69 Å². The first-order valence-electron chi connectivity index (χ1n) is 10.5. The quantitative estimate of drug-likeness (QED) is 0.322. The van der Waals surface area contributed by atoms with Crippen LogP contribution in [0.2, 0.25) is 5.02 Å². The number of rotatable bonds is 6. The van der Waals surface area contributed by atoms with Crippen LogP contribution in [-0.4, -0.2) is 9.71 Å². The van der Waals surface area contributed by atoms with E-state index in [9.17, 15) is 4.79 Å². The van der Waals surface area contributed by atoms with Crippen LogP contribution in [0.25, 0.3) is 22.3 Å². The lowest BCUT2D eigenvalue weighted by molar-refractivity contribution is 0.0490. The van der Waals surface area contributed by atoms with Crippen LogP contribution >= 0.6 is 11.6 Å². The van der Waals surface area contributed by atoms with Crippen molar-refractivity contribution in [2.24, 2.45) is 0 Å². The summed E-state index contributed by atoms with van der Waals surface area (Å²) in [5.41, 5.74) is 2.76. The van der Waals surface area contributed by atoms with Crippen molar-refractivity contribution >= 4 is 28.2 Å².